The number of rotatable bonds is 6. The van der Waals surface area contributed by atoms with Crippen LogP contribution >= 0.6 is 0 Å². The second-order valence-electron chi connectivity index (χ2n) is 4.95. The molecule has 0 radical (unpaired) electrons. The molecule has 0 aliphatic heterocycles. The van der Waals surface area contributed by atoms with Gasteiger partial charge in [0.1, 0.15) is 6.10 Å². The highest BCUT2D eigenvalue weighted by molar-refractivity contribution is 5.91. The third kappa shape index (κ3) is 6.41. The molecule has 4 heteroatoms. The van der Waals surface area contributed by atoms with Crippen LogP contribution in [-0.2, 0) is 19.1 Å². The van der Waals surface area contributed by atoms with E-state index in [0.717, 1.165) is 43.8 Å². The summed E-state index contributed by atoms with van der Waals surface area (Å²) in [6.45, 7) is 4.23. The molecule has 1 rings (SSSR count). The van der Waals surface area contributed by atoms with Gasteiger partial charge in [-0.05, 0) is 38.5 Å². The van der Waals surface area contributed by atoms with Gasteiger partial charge in [0, 0.05) is 12.2 Å². The van der Waals surface area contributed by atoms with E-state index in [0.29, 0.717) is 6.61 Å². The fraction of sp³-hybridized carbons (Fsp3) is 0.733. The third-order valence-corrected chi connectivity index (χ3v) is 3.42. The Labute approximate surface area is 115 Å². The topological polar surface area (TPSA) is 52.6 Å². The van der Waals surface area contributed by atoms with Crippen LogP contribution in [-0.4, -0.2) is 24.6 Å². The minimum absolute atomic E-state index is 0.00690. The summed E-state index contributed by atoms with van der Waals surface area (Å²) in [5.41, 5.74) is 0. The number of hydrogen-bond donors (Lipinski definition) is 0. The van der Waals surface area contributed by atoms with Crippen molar-refractivity contribution in [2.45, 2.75) is 58.5 Å². The molecule has 0 amide bonds. The Kier molecular flexibility index (Phi) is 7.23. The van der Waals surface area contributed by atoms with Crippen molar-refractivity contribution in [1.82, 2.24) is 0 Å². The van der Waals surface area contributed by atoms with Crippen LogP contribution < -0.4 is 0 Å². The van der Waals surface area contributed by atoms with Crippen molar-refractivity contribution < 1.29 is 19.1 Å². The van der Waals surface area contributed by atoms with Crippen molar-refractivity contribution in [1.29, 1.82) is 0 Å². The molecule has 0 N–H and O–H groups in total. The Bertz CT molecular complexity index is 314. The summed E-state index contributed by atoms with van der Waals surface area (Å²) in [6, 6.07) is 0. The molecule has 0 aromatic heterocycles. The lowest BCUT2D eigenvalue weighted by Gasteiger charge is -2.27. The summed E-state index contributed by atoms with van der Waals surface area (Å²) in [4.78, 5) is 22.5. The fourth-order valence-electron chi connectivity index (χ4n) is 2.48. The first-order chi connectivity index (χ1) is 9.15. The first-order valence-electron chi connectivity index (χ1n) is 7.21. The quantitative estimate of drug-likeness (QED) is 0.549. The molecule has 0 aromatic carbocycles. The van der Waals surface area contributed by atoms with Crippen LogP contribution in [0.25, 0.3) is 0 Å². The molecule has 19 heavy (non-hydrogen) atoms. The highest BCUT2D eigenvalue weighted by Gasteiger charge is 2.22. The molecular formula is C15H24O4. The van der Waals surface area contributed by atoms with E-state index >= 15 is 0 Å². The van der Waals surface area contributed by atoms with Crippen LogP contribution in [0.15, 0.2) is 12.2 Å². The molecule has 0 atom stereocenters. The Hall–Kier alpha value is -1.32. The van der Waals surface area contributed by atoms with Gasteiger partial charge in [0.05, 0.1) is 6.61 Å². The first kappa shape index (κ1) is 15.7. The molecular weight excluding hydrogens is 244 g/mol. The first-order valence-corrected chi connectivity index (χ1v) is 7.21. The van der Waals surface area contributed by atoms with Crippen molar-refractivity contribution in [2.75, 3.05) is 6.61 Å². The van der Waals surface area contributed by atoms with Gasteiger partial charge in [0.15, 0.2) is 0 Å². The lowest BCUT2D eigenvalue weighted by Crippen LogP contribution is -2.23. The monoisotopic (exact) mass is 268 g/mol. The molecule has 1 fully saturated rings. The van der Waals surface area contributed by atoms with Crippen LogP contribution in [0.2, 0.25) is 0 Å². The molecule has 0 bridgehead atoms. The van der Waals surface area contributed by atoms with E-state index in [4.69, 9.17) is 4.74 Å². The summed E-state index contributed by atoms with van der Waals surface area (Å²) in [7, 11) is 0. The second-order valence-corrected chi connectivity index (χ2v) is 4.95. The van der Waals surface area contributed by atoms with Crippen molar-refractivity contribution in [3.8, 4) is 0 Å². The van der Waals surface area contributed by atoms with Gasteiger partial charge in [-0.25, -0.2) is 9.59 Å². The molecule has 1 aliphatic rings. The molecule has 108 valence electrons. The zero-order chi connectivity index (χ0) is 14.1. The molecule has 1 aliphatic carbocycles. The van der Waals surface area contributed by atoms with Gasteiger partial charge < -0.3 is 9.47 Å². The van der Waals surface area contributed by atoms with Crippen LogP contribution in [0.3, 0.4) is 0 Å². The van der Waals surface area contributed by atoms with Crippen molar-refractivity contribution in [2.24, 2.45) is 5.92 Å². The maximum Gasteiger partial charge on any atom is 0.331 e. The highest BCUT2D eigenvalue weighted by Crippen LogP contribution is 2.29. The maximum atomic E-state index is 11.5. The van der Waals surface area contributed by atoms with Crippen molar-refractivity contribution >= 4 is 11.9 Å². The molecule has 0 saturated heterocycles. The Morgan fingerprint density at radius 2 is 1.68 bits per heavy atom. The zero-order valence-electron chi connectivity index (χ0n) is 11.9. The standard InChI is InChI=1S/C15H24O4/c1-3-5-12-6-8-13(9-7-12)19-15(17)11-10-14(16)18-4-2/h10-13H,3-9H2,1-2H3/b11-10+. The summed E-state index contributed by atoms with van der Waals surface area (Å²) in [5.74, 6) is -0.173. The van der Waals surface area contributed by atoms with Crippen LogP contribution in [0.4, 0.5) is 0 Å². The summed E-state index contributed by atoms with van der Waals surface area (Å²) < 4.78 is 10.0. The predicted octanol–water partition coefficient (Wildman–Crippen LogP) is 3.01. The predicted molar refractivity (Wildman–Crippen MR) is 72.5 cm³/mol. The van der Waals surface area contributed by atoms with Crippen molar-refractivity contribution in [3.05, 3.63) is 12.2 Å². The molecule has 0 spiro atoms. The lowest BCUT2D eigenvalue weighted by atomic mass is 9.85. The second kappa shape index (κ2) is 8.73. The van der Waals surface area contributed by atoms with Gasteiger partial charge in [-0.15, -0.1) is 0 Å². The number of ether oxygens (including phenoxy) is 2. The number of carbonyl (C=O) groups excluding carboxylic acids is 2. The van der Waals surface area contributed by atoms with Gasteiger partial charge in [-0.1, -0.05) is 19.8 Å². The van der Waals surface area contributed by atoms with E-state index in [-0.39, 0.29) is 6.10 Å². The van der Waals surface area contributed by atoms with E-state index in [9.17, 15) is 9.59 Å². The Morgan fingerprint density at radius 3 is 2.26 bits per heavy atom. The van der Waals surface area contributed by atoms with E-state index in [1.54, 1.807) is 6.92 Å². The van der Waals surface area contributed by atoms with Gasteiger partial charge >= 0.3 is 11.9 Å². The van der Waals surface area contributed by atoms with E-state index in [2.05, 4.69) is 11.7 Å². The summed E-state index contributed by atoms with van der Waals surface area (Å²) in [6.07, 6.45) is 8.90. The average Bonchev–Trinajstić information content (AvgIpc) is 2.39. The minimum Gasteiger partial charge on any atom is -0.463 e. The van der Waals surface area contributed by atoms with E-state index < -0.39 is 11.9 Å². The normalized spacial score (nSPS) is 23.3. The summed E-state index contributed by atoms with van der Waals surface area (Å²) >= 11 is 0. The molecule has 0 heterocycles. The number of esters is 2. The fourth-order valence-corrected chi connectivity index (χ4v) is 2.48. The molecule has 1 saturated carbocycles. The highest BCUT2D eigenvalue weighted by atomic mass is 16.5. The van der Waals surface area contributed by atoms with E-state index in [1.165, 1.54) is 12.8 Å². The molecule has 0 aromatic rings. The van der Waals surface area contributed by atoms with Gasteiger partial charge in [0.25, 0.3) is 0 Å². The van der Waals surface area contributed by atoms with Gasteiger partial charge in [0.2, 0.25) is 0 Å². The minimum atomic E-state index is -0.508. The van der Waals surface area contributed by atoms with Crippen LogP contribution in [0.5, 0.6) is 0 Å². The summed E-state index contributed by atoms with van der Waals surface area (Å²) in [5, 5.41) is 0. The Morgan fingerprint density at radius 1 is 1.05 bits per heavy atom. The van der Waals surface area contributed by atoms with Gasteiger partial charge in [-0.3, -0.25) is 0 Å². The lowest BCUT2D eigenvalue weighted by molar-refractivity contribution is -0.145. The largest absolute Gasteiger partial charge is 0.463 e. The molecule has 4 nitrogen and oxygen atoms in total. The number of carbonyl (C=O) groups is 2. The van der Waals surface area contributed by atoms with Gasteiger partial charge in [-0.2, -0.15) is 0 Å². The van der Waals surface area contributed by atoms with Crippen LogP contribution in [0.1, 0.15) is 52.4 Å². The van der Waals surface area contributed by atoms with Crippen LogP contribution in [0, 0.1) is 5.92 Å². The zero-order valence-corrected chi connectivity index (χ0v) is 11.9. The smallest absolute Gasteiger partial charge is 0.331 e. The Balaban J connectivity index is 2.25. The third-order valence-electron chi connectivity index (χ3n) is 3.42. The molecule has 0 unspecified atom stereocenters. The SMILES string of the molecule is CCCC1CCC(OC(=O)/C=C/C(=O)OCC)CC1. The average molecular weight is 268 g/mol. The number of hydrogen-bond acceptors (Lipinski definition) is 4. The van der Waals surface area contributed by atoms with E-state index in [1.807, 2.05) is 0 Å². The van der Waals surface area contributed by atoms with Crippen molar-refractivity contribution in [3.63, 3.8) is 0 Å². The maximum absolute atomic E-state index is 11.5.